The topological polar surface area (TPSA) is 38.9 Å². The van der Waals surface area contributed by atoms with Gasteiger partial charge in [0.1, 0.15) is 5.58 Å². The van der Waals surface area contributed by atoms with Crippen LogP contribution in [0, 0.1) is 38.1 Å². The number of hydrogen-bond donors (Lipinski definition) is 0. The van der Waals surface area contributed by atoms with Gasteiger partial charge in [0.05, 0.1) is 5.58 Å². The minimum Gasteiger partial charge on any atom is -0.500 e. The van der Waals surface area contributed by atoms with Crippen molar-refractivity contribution in [2.24, 2.45) is 5.41 Å². The maximum absolute atomic E-state index is 8.94. The molecule has 0 N–H and O–H groups in total. The minimum atomic E-state index is -2.56. The van der Waals surface area contributed by atoms with Gasteiger partial charge in [-0.3, -0.25) is 0 Å². The Hall–Kier alpha value is -6.19. The molecular weight excluding hydrogens is 969 g/mol. The molecule has 10 rings (SSSR count). The molecule has 3 nitrogen and oxygen atoms in total. The van der Waals surface area contributed by atoms with Gasteiger partial charge in [0.15, 0.2) is 0 Å². The number of benzene rings is 7. The van der Waals surface area contributed by atoms with Gasteiger partial charge in [0.25, 0.3) is 0 Å². The molecule has 0 spiro atoms. The van der Waals surface area contributed by atoms with Crippen LogP contribution in [0.1, 0.15) is 97.6 Å². The normalized spacial score (nSPS) is 15.3. The average molecular weight is 1040 g/mol. The first kappa shape index (κ1) is 32.5. The predicted octanol–water partition coefficient (Wildman–Crippen LogP) is 17.1. The minimum absolute atomic E-state index is 0. The third-order valence-corrected chi connectivity index (χ3v) is 11.6. The zero-order valence-corrected chi connectivity index (χ0v) is 39.4. The van der Waals surface area contributed by atoms with Crippen LogP contribution in [0.5, 0.6) is 0 Å². The van der Waals surface area contributed by atoms with E-state index >= 15 is 0 Å². The van der Waals surface area contributed by atoms with Crippen molar-refractivity contribution in [3.05, 3.63) is 192 Å². The van der Waals surface area contributed by atoms with Gasteiger partial charge < -0.3 is 14.4 Å². The van der Waals surface area contributed by atoms with Crippen LogP contribution in [0.2, 0.25) is 0 Å². The summed E-state index contributed by atoms with van der Waals surface area (Å²) in [6.07, 6.45) is 2.34. The number of aromatic nitrogens is 2. The second-order valence-corrected chi connectivity index (χ2v) is 17.1. The Morgan fingerprint density at radius 3 is 2.14 bits per heavy atom. The second kappa shape index (κ2) is 19.1. The molecule has 7 aromatic carbocycles. The van der Waals surface area contributed by atoms with E-state index < -0.39 is 38.2 Å². The monoisotopic (exact) mass is 1040 g/mol. The first-order valence-corrected chi connectivity index (χ1v) is 21.7. The maximum atomic E-state index is 8.94. The molecule has 0 fully saturated rings. The van der Waals surface area contributed by atoms with Crippen molar-refractivity contribution in [2.75, 3.05) is 0 Å². The quantitative estimate of drug-likeness (QED) is 0.112. The van der Waals surface area contributed by atoms with Crippen LogP contribution in [0.15, 0.2) is 156 Å². The predicted molar refractivity (Wildman–Crippen MR) is 271 cm³/mol. The van der Waals surface area contributed by atoms with E-state index in [0.29, 0.717) is 57.6 Å². The average Bonchev–Trinajstić information content (AvgIpc) is 3.87. The summed E-state index contributed by atoms with van der Waals surface area (Å²) in [5.41, 5.74) is 6.19. The van der Waals surface area contributed by atoms with Crippen molar-refractivity contribution in [1.82, 2.24) is 9.97 Å². The van der Waals surface area contributed by atoms with Crippen molar-refractivity contribution in [1.29, 1.82) is 0 Å². The van der Waals surface area contributed by atoms with E-state index in [-0.39, 0.29) is 47.9 Å². The van der Waals surface area contributed by atoms with Crippen molar-refractivity contribution in [3.63, 3.8) is 0 Å². The van der Waals surface area contributed by atoms with Crippen LogP contribution in [-0.2, 0) is 26.5 Å². The zero-order chi connectivity index (χ0) is 54.8. The summed E-state index contributed by atoms with van der Waals surface area (Å²) in [6.45, 7) is 2.01. The standard InChI is InChI=1S/C38H32NO.C23H24N.Ir/c1-5-25(6-2)28-17-18-29(23(3)20-28)34-21-35(39-22-24(34)4)33-13-9-12-31-32-19-16-27-15-14-26-10-7-8-11-30(26)36(27)38(32)40-37(31)33;1-17-10-12-20(14-21(17)19-8-6-5-7-9-19)22-13-11-18(16-24-22)15-23(2,3)4;/h7-12,14-22,25H,5-6H2,1-4H3;5-11,13-14,16H,15H2,1-4H3;/q2*-1;/i3D3,4D3,25D;1D3,15D2;. The number of furan rings is 1. The van der Waals surface area contributed by atoms with E-state index in [2.05, 4.69) is 52.4 Å². The molecule has 0 aliphatic carbocycles. The third-order valence-electron chi connectivity index (χ3n) is 11.6. The van der Waals surface area contributed by atoms with Crippen LogP contribution >= 0.6 is 0 Å². The van der Waals surface area contributed by atoms with E-state index in [4.69, 9.17) is 20.9 Å². The van der Waals surface area contributed by atoms with Crippen molar-refractivity contribution < 1.29 is 41.0 Å². The fraction of sp³-hybridized carbons (Fsp3) is 0.213. The summed E-state index contributed by atoms with van der Waals surface area (Å²) in [7, 11) is 0. The molecular formula is C61H56IrN2O-2. The van der Waals surface area contributed by atoms with E-state index in [1.54, 1.807) is 54.7 Å². The third kappa shape index (κ3) is 9.34. The largest absolute Gasteiger partial charge is 0.500 e. The molecule has 0 atom stereocenters. The molecule has 1 radical (unpaired) electrons. The summed E-state index contributed by atoms with van der Waals surface area (Å²) in [5.74, 6) is -0.962. The van der Waals surface area contributed by atoms with Crippen LogP contribution in [-0.4, -0.2) is 9.97 Å². The second-order valence-electron chi connectivity index (χ2n) is 17.1. The van der Waals surface area contributed by atoms with Crippen molar-refractivity contribution in [2.45, 2.75) is 80.3 Å². The Balaban J connectivity index is 0.000000225. The van der Waals surface area contributed by atoms with E-state index in [9.17, 15) is 0 Å². The Morgan fingerprint density at radius 2 is 1.38 bits per heavy atom. The van der Waals surface area contributed by atoms with Crippen LogP contribution < -0.4 is 0 Å². The Labute approximate surface area is 415 Å². The van der Waals surface area contributed by atoms with Gasteiger partial charge in [-0.05, 0) is 111 Å². The van der Waals surface area contributed by atoms with Gasteiger partial charge in [-0.1, -0.05) is 173 Å². The van der Waals surface area contributed by atoms with Crippen molar-refractivity contribution in [3.8, 4) is 44.8 Å². The van der Waals surface area contributed by atoms with E-state index in [1.165, 1.54) is 12.3 Å². The van der Waals surface area contributed by atoms with Crippen LogP contribution in [0.25, 0.3) is 88.3 Å². The molecule has 3 heterocycles. The number of hydrogen-bond acceptors (Lipinski definition) is 3. The summed E-state index contributed by atoms with van der Waals surface area (Å²) < 4.78 is 106. The number of nitrogens with zero attached hydrogens (tertiary/aromatic N) is 2. The van der Waals surface area contributed by atoms with Gasteiger partial charge >= 0.3 is 0 Å². The molecule has 0 bridgehead atoms. The molecule has 10 aromatic rings. The van der Waals surface area contributed by atoms with Crippen LogP contribution in [0.3, 0.4) is 0 Å². The van der Waals surface area contributed by atoms with Crippen molar-refractivity contribution >= 4 is 43.5 Å². The van der Waals surface area contributed by atoms with Gasteiger partial charge in [-0.2, -0.15) is 0 Å². The number of fused-ring (bicyclic) bond motifs is 7. The van der Waals surface area contributed by atoms with Crippen LogP contribution in [0.4, 0.5) is 0 Å². The van der Waals surface area contributed by atoms with Gasteiger partial charge in [-0.15, -0.1) is 47.5 Å². The zero-order valence-electron chi connectivity index (χ0n) is 49.0. The molecule has 65 heavy (non-hydrogen) atoms. The number of pyridine rings is 2. The Bertz CT molecular complexity index is 3780. The maximum Gasteiger partial charge on any atom is 0.129 e. The summed E-state index contributed by atoms with van der Waals surface area (Å²) in [6, 6.07) is 49.3. The molecule has 0 aliphatic rings. The molecule has 0 saturated carbocycles. The fourth-order valence-electron chi connectivity index (χ4n) is 8.51. The summed E-state index contributed by atoms with van der Waals surface area (Å²) >= 11 is 0. The van der Waals surface area contributed by atoms with Gasteiger partial charge in [0.2, 0.25) is 0 Å². The summed E-state index contributed by atoms with van der Waals surface area (Å²) in [5, 5.41) is 6.02. The van der Waals surface area contributed by atoms with E-state index in [1.807, 2.05) is 89.2 Å². The first-order chi connectivity index (χ1) is 35.7. The summed E-state index contributed by atoms with van der Waals surface area (Å²) in [4.78, 5) is 9.03. The molecule has 0 unspecified atom stereocenters. The Morgan fingerprint density at radius 1 is 0.646 bits per heavy atom. The molecule has 0 amide bonds. The Kier molecular flexibility index (Phi) is 9.54. The molecule has 4 heteroatoms. The number of rotatable bonds is 8. The number of aryl methyl sites for hydroxylation is 3. The molecule has 327 valence electrons. The SMILES string of the molecule is [2H]C([2H])([2H])c1c[c-]c(-c2ccc(C([2H])([2H])C(C)(C)C)cn2)cc1-c1ccccc1.[2H]C([2H])([2H])c1cnc(-c2[c-]ccc3c2oc2c3ccc3ccc4ccccc4c32)cc1-c1ccc(C([2H])(CC)CC)cc1C([2H])([2H])[2H].[Ir]. The smallest absolute Gasteiger partial charge is 0.129 e. The molecule has 0 saturated heterocycles. The molecule has 0 aliphatic heterocycles. The molecule has 3 aromatic heterocycles. The fourth-order valence-corrected chi connectivity index (χ4v) is 8.51. The van der Waals surface area contributed by atoms with E-state index in [0.717, 1.165) is 43.5 Å². The van der Waals surface area contributed by atoms with Gasteiger partial charge in [-0.25, -0.2) is 0 Å². The first-order valence-electron chi connectivity index (χ1n) is 27.7. The van der Waals surface area contributed by atoms with Gasteiger partial charge in [0, 0.05) is 59.7 Å².